The molecule has 1 aliphatic heterocycles. The van der Waals surface area contributed by atoms with Crippen LogP contribution in [0.4, 0.5) is 0 Å². The van der Waals surface area contributed by atoms with Crippen molar-refractivity contribution < 1.29 is 4.79 Å². The largest absolute Gasteiger partial charge is 0.342 e. The molecule has 0 saturated carbocycles. The predicted octanol–water partition coefficient (Wildman–Crippen LogP) is 0.710. The Bertz CT molecular complexity index is 180. The second-order valence-electron chi connectivity index (χ2n) is 4.15. The zero-order chi connectivity index (χ0) is 9.84. The Labute approximate surface area is 80.5 Å². The minimum Gasteiger partial charge on any atom is -0.342 e. The molecule has 0 aromatic heterocycles. The van der Waals surface area contributed by atoms with Gasteiger partial charge in [0.15, 0.2) is 0 Å². The van der Waals surface area contributed by atoms with E-state index in [1.807, 2.05) is 25.8 Å². The fourth-order valence-electron chi connectivity index (χ4n) is 1.85. The maximum Gasteiger partial charge on any atom is 0.225 e. The summed E-state index contributed by atoms with van der Waals surface area (Å²) in [6.45, 7) is 6.85. The van der Waals surface area contributed by atoms with Crippen molar-refractivity contribution in [2.24, 2.45) is 11.8 Å². The van der Waals surface area contributed by atoms with Gasteiger partial charge < -0.3 is 10.2 Å². The van der Waals surface area contributed by atoms with E-state index in [0.29, 0.717) is 11.8 Å². The highest BCUT2D eigenvalue weighted by molar-refractivity contribution is 5.78. The van der Waals surface area contributed by atoms with Crippen LogP contribution in [-0.2, 0) is 4.79 Å². The van der Waals surface area contributed by atoms with Gasteiger partial charge in [-0.1, -0.05) is 13.8 Å². The lowest BCUT2D eigenvalue weighted by atomic mass is 10.1. The summed E-state index contributed by atoms with van der Waals surface area (Å²) < 4.78 is 0. The summed E-state index contributed by atoms with van der Waals surface area (Å²) >= 11 is 0. The van der Waals surface area contributed by atoms with Crippen LogP contribution in [0.25, 0.3) is 0 Å². The normalized spacial score (nSPS) is 22.8. The van der Waals surface area contributed by atoms with Gasteiger partial charge in [-0.25, -0.2) is 0 Å². The van der Waals surface area contributed by atoms with Crippen LogP contribution >= 0.6 is 0 Å². The molecule has 1 heterocycles. The summed E-state index contributed by atoms with van der Waals surface area (Å²) in [5.41, 5.74) is 0. The van der Waals surface area contributed by atoms with Crippen LogP contribution in [0.3, 0.4) is 0 Å². The number of hydrogen-bond donors (Lipinski definition) is 1. The van der Waals surface area contributed by atoms with Crippen molar-refractivity contribution in [1.82, 2.24) is 10.2 Å². The minimum absolute atomic E-state index is 0.147. The van der Waals surface area contributed by atoms with E-state index in [2.05, 4.69) is 5.32 Å². The molecule has 1 saturated heterocycles. The molecule has 0 aliphatic carbocycles. The van der Waals surface area contributed by atoms with Crippen molar-refractivity contribution in [3.8, 4) is 0 Å². The summed E-state index contributed by atoms with van der Waals surface area (Å²) in [7, 11) is 1.97. The van der Waals surface area contributed by atoms with Crippen molar-refractivity contribution in [2.45, 2.75) is 20.3 Å². The molecule has 1 aliphatic rings. The van der Waals surface area contributed by atoms with Gasteiger partial charge in [0.1, 0.15) is 0 Å². The molecule has 1 amide bonds. The third-order valence-corrected chi connectivity index (χ3v) is 2.58. The van der Waals surface area contributed by atoms with E-state index < -0.39 is 0 Å². The molecule has 76 valence electrons. The molecular weight excluding hydrogens is 164 g/mol. The molecule has 1 rings (SSSR count). The number of carbonyl (C=O) groups excluding carboxylic acids is 1. The van der Waals surface area contributed by atoms with Crippen LogP contribution in [0.5, 0.6) is 0 Å². The summed E-state index contributed by atoms with van der Waals surface area (Å²) in [5.74, 6) is 1.11. The summed E-state index contributed by atoms with van der Waals surface area (Å²) in [5, 5.41) is 3.16. The van der Waals surface area contributed by atoms with Crippen LogP contribution in [0.2, 0.25) is 0 Å². The molecule has 0 aromatic carbocycles. The van der Waals surface area contributed by atoms with E-state index in [1.54, 1.807) is 0 Å². The minimum atomic E-state index is 0.147. The first kappa shape index (κ1) is 10.5. The number of amides is 1. The van der Waals surface area contributed by atoms with Gasteiger partial charge in [-0.15, -0.1) is 0 Å². The molecule has 1 atom stereocenters. The Balaban J connectivity index is 2.36. The highest BCUT2D eigenvalue weighted by atomic mass is 16.2. The molecule has 0 aromatic rings. The van der Waals surface area contributed by atoms with E-state index in [0.717, 1.165) is 26.1 Å². The third kappa shape index (κ3) is 2.69. The molecular formula is C10H20N2O. The summed E-state index contributed by atoms with van der Waals surface area (Å²) in [4.78, 5) is 13.6. The van der Waals surface area contributed by atoms with Gasteiger partial charge >= 0.3 is 0 Å². The van der Waals surface area contributed by atoms with Crippen LogP contribution in [0, 0.1) is 11.8 Å². The van der Waals surface area contributed by atoms with E-state index in [1.165, 1.54) is 0 Å². The van der Waals surface area contributed by atoms with E-state index in [-0.39, 0.29) is 5.92 Å². The lowest BCUT2D eigenvalue weighted by Crippen LogP contribution is -2.33. The Hall–Kier alpha value is -0.570. The van der Waals surface area contributed by atoms with Gasteiger partial charge in [-0.2, -0.15) is 0 Å². The van der Waals surface area contributed by atoms with Gasteiger partial charge in [-0.3, -0.25) is 4.79 Å². The molecule has 1 N–H and O–H groups in total. The fraction of sp³-hybridized carbons (Fsp3) is 0.900. The fourth-order valence-corrected chi connectivity index (χ4v) is 1.85. The average molecular weight is 184 g/mol. The van der Waals surface area contributed by atoms with Gasteiger partial charge in [0.25, 0.3) is 0 Å². The topological polar surface area (TPSA) is 32.3 Å². The number of likely N-dealkylation sites (tertiary alicyclic amines) is 1. The molecule has 0 radical (unpaired) electrons. The third-order valence-electron chi connectivity index (χ3n) is 2.58. The van der Waals surface area contributed by atoms with Crippen molar-refractivity contribution in [3.05, 3.63) is 0 Å². The smallest absolute Gasteiger partial charge is 0.225 e. The van der Waals surface area contributed by atoms with Crippen molar-refractivity contribution in [2.75, 3.05) is 26.7 Å². The lowest BCUT2D eigenvalue weighted by molar-refractivity contribution is -0.133. The molecule has 13 heavy (non-hydrogen) atoms. The highest BCUT2D eigenvalue weighted by Gasteiger charge is 2.26. The van der Waals surface area contributed by atoms with Crippen molar-refractivity contribution in [3.63, 3.8) is 0 Å². The summed E-state index contributed by atoms with van der Waals surface area (Å²) in [6, 6.07) is 0. The lowest BCUT2D eigenvalue weighted by Gasteiger charge is -2.18. The zero-order valence-corrected chi connectivity index (χ0v) is 8.84. The number of carbonyl (C=O) groups is 1. The zero-order valence-electron chi connectivity index (χ0n) is 8.84. The van der Waals surface area contributed by atoms with Crippen LogP contribution in [-0.4, -0.2) is 37.5 Å². The second-order valence-corrected chi connectivity index (χ2v) is 4.15. The first-order valence-corrected chi connectivity index (χ1v) is 5.08. The standard InChI is InChI=1S/C10H20N2O/c1-8(2)10(13)12-5-4-9(7-12)6-11-3/h8-9,11H,4-7H2,1-3H3. The predicted molar refractivity (Wildman–Crippen MR) is 53.5 cm³/mol. The van der Waals surface area contributed by atoms with Crippen molar-refractivity contribution in [1.29, 1.82) is 0 Å². The van der Waals surface area contributed by atoms with E-state index >= 15 is 0 Å². The maximum atomic E-state index is 11.6. The van der Waals surface area contributed by atoms with Gasteiger partial charge in [0, 0.05) is 19.0 Å². The van der Waals surface area contributed by atoms with Gasteiger partial charge in [0.05, 0.1) is 0 Å². The molecule has 0 bridgehead atoms. The molecule has 0 spiro atoms. The van der Waals surface area contributed by atoms with Crippen LogP contribution in [0.15, 0.2) is 0 Å². The van der Waals surface area contributed by atoms with Gasteiger partial charge in [-0.05, 0) is 25.9 Å². The quantitative estimate of drug-likeness (QED) is 0.700. The Kier molecular flexibility index (Phi) is 3.72. The van der Waals surface area contributed by atoms with E-state index in [4.69, 9.17) is 0 Å². The highest BCUT2D eigenvalue weighted by Crippen LogP contribution is 2.17. The average Bonchev–Trinajstić information content (AvgIpc) is 2.52. The number of nitrogens with one attached hydrogen (secondary N) is 1. The second kappa shape index (κ2) is 4.61. The molecule has 1 fully saturated rings. The number of hydrogen-bond acceptors (Lipinski definition) is 2. The first-order chi connectivity index (χ1) is 6.15. The van der Waals surface area contributed by atoms with E-state index in [9.17, 15) is 4.79 Å². The number of rotatable bonds is 3. The van der Waals surface area contributed by atoms with Crippen molar-refractivity contribution >= 4 is 5.91 Å². The van der Waals surface area contributed by atoms with Crippen LogP contribution in [0.1, 0.15) is 20.3 Å². The molecule has 1 unspecified atom stereocenters. The Morgan fingerprint density at radius 2 is 2.31 bits per heavy atom. The van der Waals surface area contributed by atoms with Crippen LogP contribution < -0.4 is 5.32 Å². The maximum absolute atomic E-state index is 11.6. The van der Waals surface area contributed by atoms with Gasteiger partial charge in [0.2, 0.25) is 5.91 Å². The summed E-state index contributed by atoms with van der Waals surface area (Å²) in [6.07, 6.45) is 1.15. The number of nitrogens with zero attached hydrogens (tertiary/aromatic N) is 1. The molecule has 3 nitrogen and oxygen atoms in total. The monoisotopic (exact) mass is 184 g/mol. The SMILES string of the molecule is CNCC1CCN(C(=O)C(C)C)C1. The first-order valence-electron chi connectivity index (χ1n) is 5.08. The Morgan fingerprint density at radius 1 is 1.62 bits per heavy atom. The Morgan fingerprint density at radius 3 is 2.85 bits per heavy atom. The molecule has 3 heteroatoms.